The van der Waals surface area contributed by atoms with Crippen LogP contribution in [0.2, 0.25) is 0 Å². The summed E-state index contributed by atoms with van der Waals surface area (Å²) in [7, 11) is 0. The van der Waals surface area contributed by atoms with Crippen LogP contribution in [0.4, 0.5) is 0 Å². The molecule has 0 aliphatic rings. The van der Waals surface area contributed by atoms with Gasteiger partial charge in [-0.05, 0) is 17.2 Å². The van der Waals surface area contributed by atoms with Crippen molar-refractivity contribution in [2.45, 2.75) is 0 Å². The molecule has 2 heterocycles. The molecule has 0 saturated carbocycles. The number of aromatic nitrogens is 1. The van der Waals surface area contributed by atoms with Gasteiger partial charge in [-0.1, -0.05) is 42.5 Å². The summed E-state index contributed by atoms with van der Waals surface area (Å²) in [5.74, 6) is -0.230. The number of hydrogen-bond acceptors (Lipinski definition) is 5. The fraction of sp³-hybridized carbons (Fsp3) is 0. The molecule has 0 amide bonds. The molecule has 4 rings (SSSR count). The lowest BCUT2D eigenvalue weighted by atomic mass is 9.98. The van der Waals surface area contributed by atoms with Gasteiger partial charge in [-0.3, -0.25) is 4.79 Å². The lowest BCUT2D eigenvalue weighted by Crippen LogP contribution is -2.09. The summed E-state index contributed by atoms with van der Waals surface area (Å²) in [5, 5.41) is 32.1. The maximum Gasteiger partial charge on any atom is 0.270 e. The molecule has 4 aromatic rings. The van der Waals surface area contributed by atoms with Crippen LogP contribution >= 0.6 is 11.3 Å². The molecular weight excluding hydrogens is 348 g/mol. The zero-order valence-electron chi connectivity index (χ0n) is 13.4. The number of rotatable bonds is 2. The van der Waals surface area contributed by atoms with E-state index in [1.807, 2.05) is 36.4 Å². The van der Waals surface area contributed by atoms with Crippen LogP contribution in [0.3, 0.4) is 0 Å². The second kappa shape index (κ2) is 6.06. The van der Waals surface area contributed by atoms with Crippen molar-refractivity contribution in [1.82, 2.24) is 4.98 Å². The number of nitrogens with zero attached hydrogens (tertiary/aromatic N) is 1. The first kappa shape index (κ1) is 15.9. The molecule has 0 fully saturated rings. The van der Waals surface area contributed by atoms with Gasteiger partial charge in [0.2, 0.25) is 0 Å². The predicted octanol–water partition coefficient (Wildman–Crippen LogP) is 4.21. The minimum Gasteiger partial charge on any atom is -0.507 e. The van der Waals surface area contributed by atoms with Gasteiger partial charge in [-0.25, -0.2) is 0 Å². The van der Waals surface area contributed by atoms with Crippen molar-refractivity contribution in [2.75, 3.05) is 0 Å². The highest BCUT2D eigenvalue weighted by Crippen LogP contribution is 2.41. The Kier molecular flexibility index (Phi) is 3.72. The monoisotopic (exact) mass is 360 g/mol. The van der Waals surface area contributed by atoms with Crippen LogP contribution in [0.5, 0.6) is 11.5 Å². The largest absolute Gasteiger partial charge is 0.507 e. The van der Waals surface area contributed by atoms with E-state index in [9.17, 15) is 15.0 Å². The van der Waals surface area contributed by atoms with Crippen molar-refractivity contribution in [1.29, 1.82) is 5.26 Å². The van der Waals surface area contributed by atoms with Gasteiger partial charge in [0.1, 0.15) is 22.4 Å². The fourth-order valence-electron chi connectivity index (χ4n) is 2.96. The molecular formula is C20H12N2O3S. The summed E-state index contributed by atoms with van der Waals surface area (Å²) < 4.78 is 0. The fourth-order valence-corrected chi connectivity index (χ4v) is 3.93. The maximum absolute atomic E-state index is 11.8. The topological polar surface area (TPSA) is 97.1 Å². The van der Waals surface area contributed by atoms with Gasteiger partial charge in [0.15, 0.2) is 5.56 Å². The van der Waals surface area contributed by atoms with E-state index in [0.29, 0.717) is 26.9 Å². The van der Waals surface area contributed by atoms with Crippen LogP contribution in [-0.4, -0.2) is 15.2 Å². The van der Waals surface area contributed by atoms with E-state index in [1.165, 1.54) is 11.3 Å². The van der Waals surface area contributed by atoms with Gasteiger partial charge in [0.25, 0.3) is 5.56 Å². The van der Waals surface area contributed by atoms with Crippen molar-refractivity contribution >= 4 is 21.6 Å². The van der Waals surface area contributed by atoms with Crippen molar-refractivity contribution in [3.63, 3.8) is 0 Å². The number of thiophene rings is 1. The Bertz CT molecular complexity index is 1230. The molecule has 0 bridgehead atoms. The summed E-state index contributed by atoms with van der Waals surface area (Å²) in [4.78, 5) is 14.9. The van der Waals surface area contributed by atoms with E-state index < -0.39 is 5.56 Å². The van der Waals surface area contributed by atoms with Gasteiger partial charge >= 0.3 is 0 Å². The van der Waals surface area contributed by atoms with Gasteiger partial charge < -0.3 is 15.2 Å². The summed E-state index contributed by atoms with van der Waals surface area (Å²) in [6, 6.07) is 16.5. The number of aromatic hydroxyl groups is 2. The third-order valence-electron chi connectivity index (χ3n) is 4.22. The number of nitrogens with one attached hydrogen (secondary N) is 1. The molecule has 0 unspecified atom stereocenters. The van der Waals surface area contributed by atoms with Crippen molar-refractivity contribution in [2.24, 2.45) is 0 Å². The molecule has 0 radical (unpaired) electrons. The average molecular weight is 360 g/mol. The first-order chi connectivity index (χ1) is 12.6. The van der Waals surface area contributed by atoms with Crippen molar-refractivity contribution in [3.05, 3.63) is 69.8 Å². The van der Waals surface area contributed by atoms with Crippen LogP contribution in [-0.2, 0) is 0 Å². The first-order valence-electron chi connectivity index (χ1n) is 7.75. The Morgan fingerprint density at radius 3 is 2.46 bits per heavy atom. The highest BCUT2D eigenvalue weighted by atomic mass is 32.1. The predicted molar refractivity (Wildman–Crippen MR) is 101 cm³/mol. The summed E-state index contributed by atoms with van der Waals surface area (Å²) in [6.07, 6.45) is 0. The Morgan fingerprint density at radius 1 is 1.00 bits per heavy atom. The maximum atomic E-state index is 11.8. The van der Waals surface area contributed by atoms with Gasteiger partial charge in [0.05, 0.1) is 5.39 Å². The standard InChI is InChI=1S/C20H12N2O3S/c21-9-14-18(24)17-15(10-26-20(17)22-19(14)25)12-6-7-13(16(23)8-12)11-4-2-1-3-5-11/h1-8,10,23H,(H2,22,24,25). The molecule has 0 aliphatic heterocycles. The molecule has 0 saturated heterocycles. The normalized spacial score (nSPS) is 10.7. The number of fused-ring (bicyclic) bond motifs is 1. The third-order valence-corrected chi connectivity index (χ3v) is 5.12. The second-order valence-corrected chi connectivity index (χ2v) is 6.62. The Balaban J connectivity index is 1.91. The highest BCUT2D eigenvalue weighted by Gasteiger charge is 2.18. The molecule has 2 aromatic carbocycles. The smallest absolute Gasteiger partial charge is 0.270 e. The molecule has 26 heavy (non-hydrogen) atoms. The number of hydrogen-bond donors (Lipinski definition) is 3. The van der Waals surface area contributed by atoms with Gasteiger partial charge in [-0.2, -0.15) is 5.26 Å². The van der Waals surface area contributed by atoms with Gasteiger partial charge in [-0.15, -0.1) is 11.3 Å². The summed E-state index contributed by atoms with van der Waals surface area (Å²) in [6.45, 7) is 0. The SMILES string of the molecule is N#Cc1c(O)c2c(-c3ccc(-c4ccccc4)c(O)c3)csc2[nH]c1=O. The minimum absolute atomic E-state index is 0.109. The van der Waals surface area contributed by atoms with E-state index in [2.05, 4.69) is 4.98 Å². The molecule has 3 N–H and O–H groups in total. The number of phenols is 1. The molecule has 5 nitrogen and oxygen atoms in total. The average Bonchev–Trinajstić information content (AvgIpc) is 3.06. The second-order valence-electron chi connectivity index (χ2n) is 5.74. The minimum atomic E-state index is -0.617. The van der Waals surface area contributed by atoms with Crippen molar-refractivity contribution in [3.8, 4) is 39.8 Å². The summed E-state index contributed by atoms with van der Waals surface area (Å²) >= 11 is 1.26. The van der Waals surface area contributed by atoms with Crippen LogP contribution in [0, 0.1) is 11.3 Å². The van der Waals surface area contributed by atoms with E-state index >= 15 is 0 Å². The molecule has 126 valence electrons. The molecule has 0 atom stereocenters. The van der Waals surface area contributed by atoms with E-state index in [0.717, 1.165) is 5.56 Å². The lowest BCUT2D eigenvalue weighted by Gasteiger charge is -2.08. The van der Waals surface area contributed by atoms with Crippen LogP contribution < -0.4 is 5.56 Å². The Hall–Kier alpha value is -3.56. The lowest BCUT2D eigenvalue weighted by molar-refractivity contribution is 0.477. The number of phenolic OH excluding ortho intramolecular Hbond substituents is 1. The van der Waals surface area contributed by atoms with E-state index in [4.69, 9.17) is 5.26 Å². The number of nitriles is 1. The molecule has 0 spiro atoms. The van der Waals surface area contributed by atoms with Gasteiger partial charge in [0, 0.05) is 16.5 Å². The zero-order chi connectivity index (χ0) is 18.3. The number of aromatic amines is 1. The zero-order valence-corrected chi connectivity index (χ0v) is 14.2. The van der Waals surface area contributed by atoms with Crippen LogP contribution in [0.15, 0.2) is 58.7 Å². The third kappa shape index (κ3) is 2.42. The van der Waals surface area contributed by atoms with E-state index in [-0.39, 0.29) is 17.1 Å². The summed E-state index contributed by atoms with van der Waals surface area (Å²) in [5.41, 5.74) is 1.98. The number of pyridine rings is 1. The quantitative estimate of drug-likeness (QED) is 0.499. The van der Waals surface area contributed by atoms with Crippen LogP contribution in [0.1, 0.15) is 5.56 Å². The van der Waals surface area contributed by atoms with Crippen molar-refractivity contribution < 1.29 is 10.2 Å². The first-order valence-corrected chi connectivity index (χ1v) is 8.63. The molecule has 2 aromatic heterocycles. The highest BCUT2D eigenvalue weighted by molar-refractivity contribution is 7.17. The molecule has 0 aliphatic carbocycles. The number of H-pyrrole nitrogens is 1. The Morgan fingerprint density at radius 2 is 1.77 bits per heavy atom. The molecule has 6 heteroatoms. The number of benzene rings is 2. The van der Waals surface area contributed by atoms with Crippen LogP contribution in [0.25, 0.3) is 32.5 Å². The Labute approximate surface area is 152 Å². The van der Waals surface area contributed by atoms with E-state index in [1.54, 1.807) is 23.6 Å².